The van der Waals surface area contributed by atoms with Crippen molar-refractivity contribution in [1.29, 1.82) is 0 Å². The van der Waals surface area contributed by atoms with E-state index in [9.17, 15) is 4.79 Å². The predicted molar refractivity (Wildman–Crippen MR) is 58.8 cm³/mol. The molecule has 1 heterocycles. The van der Waals surface area contributed by atoms with Gasteiger partial charge in [-0.05, 0) is 24.5 Å². The second-order valence-electron chi connectivity index (χ2n) is 3.95. The van der Waals surface area contributed by atoms with Crippen LogP contribution in [0, 0.1) is 5.92 Å². The molecular formula is C11H15N3O. The first-order chi connectivity index (χ1) is 7.20. The number of rotatable bonds is 3. The summed E-state index contributed by atoms with van der Waals surface area (Å²) < 4.78 is 0. The van der Waals surface area contributed by atoms with E-state index >= 15 is 0 Å². The molecule has 0 spiro atoms. The minimum Gasteiger partial charge on any atom is -0.373 e. The molecule has 80 valence electrons. The molecule has 4 heteroatoms. The zero-order valence-electron chi connectivity index (χ0n) is 8.95. The van der Waals surface area contributed by atoms with Gasteiger partial charge in [0.15, 0.2) is 0 Å². The van der Waals surface area contributed by atoms with Crippen molar-refractivity contribution < 1.29 is 4.79 Å². The number of hydrogen-bond acceptors (Lipinski definition) is 3. The van der Waals surface area contributed by atoms with E-state index in [2.05, 4.69) is 22.5 Å². The highest BCUT2D eigenvalue weighted by Gasteiger charge is 2.34. The highest BCUT2D eigenvalue weighted by molar-refractivity contribution is 5.93. The van der Waals surface area contributed by atoms with Crippen molar-refractivity contribution in [2.24, 2.45) is 5.92 Å². The van der Waals surface area contributed by atoms with Gasteiger partial charge < -0.3 is 10.6 Å². The van der Waals surface area contributed by atoms with Gasteiger partial charge in [0.05, 0.1) is 0 Å². The van der Waals surface area contributed by atoms with Gasteiger partial charge in [-0.25, -0.2) is 4.98 Å². The van der Waals surface area contributed by atoms with Crippen molar-refractivity contribution in [3.05, 3.63) is 23.9 Å². The zero-order chi connectivity index (χ0) is 10.8. The van der Waals surface area contributed by atoms with E-state index in [1.54, 1.807) is 13.1 Å². The average molecular weight is 205 g/mol. The Kier molecular flexibility index (Phi) is 2.58. The lowest BCUT2D eigenvalue weighted by Gasteiger charge is -2.04. The second kappa shape index (κ2) is 3.88. The van der Waals surface area contributed by atoms with Crippen LogP contribution in [0.1, 0.15) is 23.8 Å². The highest BCUT2D eigenvalue weighted by atomic mass is 16.2. The molecule has 0 aromatic carbocycles. The van der Waals surface area contributed by atoms with E-state index in [1.165, 1.54) is 0 Å². The van der Waals surface area contributed by atoms with Crippen LogP contribution < -0.4 is 10.6 Å². The lowest BCUT2D eigenvalue weighted by atomic mass is 10.3. The number of carbonyl (C=O) groups excluding carboxylic acids is 1. The second-order valence-corrected chi connectivity index (χ2v) is 3.95. The molecule has 0 radical (unpaired) electrons. The molecule has 2 N–H and O–H groups in total. The summed E-state index contributed by atoms with van der Waals surface area (Å²) in [6, 6.07) is 5.72. The van der Waals surface area contributed by atoms with Gasteiger partial charge in [0.2, 0.25) is 0 Å². The van der Waals surface area contributed by atoms with Crippen LogP contribution in [0.3, 0.4) is 0 Å². The van der Waals surface area contributed by atoms with Crippen LogP contribution in [0.2, 0.25) is 0 Å². The van der Waals surface area contributed by atoms with Gasteiger partial charge in [0.25, 0.3) is 5.91 Å². The molecule has 4 nitrogen and oxygen atoms in total. The Hall–Kier alpha value is -1.58. The molecule has 15 heavy (non-hydrogen) atoms. The summed E-state index contributed by atoms with van der Waals surface area (Å²) >= 11 is 0. The molecule has 2 rings (SSSR count). The minimum absolute atomic E-state index is 0.0820. The van der Waals surface area contributed by atoms with Crippen molar-refractivity contribution in [1.82, 2.24) is 10.3 Å². The lowest BCUT2D eigenvalue weighted by Crippen LogP contribution is -2.27. The number of hydrogen-bond donors (Lipinski definition) is 2. The summed E-state index contributed by atoms with van der Waals surface area (Å²) in [6.45, 7) is 2.13. The van der Waals surface area contributed by atoms with Crippen LogP contribution in [0.5, 0.6) is 0 Å². The minimum atomic E-state index is -0.0820. The SMILES string of the molecule is CNc1cccc(C(=O)NC2CC2C)n1. The number of carbonyl (C=O) groups is 1. The van der Waals surface area contributed by atoms with Crippen molar-refractivity contribution in [3.8, 4) is 0 Å². The summed E-state index contributed by atoms with van der Waals surface area (Å²) in [4.78, 5) is 15.9. The van der Waals surface area contributed by atoms with E-state index in [4.69, 9.17) is 0 Å². The van der Waals surface area contributed by atoms with Gasteiger partial charge in [-0.15, -0.1) is 0 Å². The monoisotopic (exact) mass is 205 g/mol. The van der Waals surface area contributed by atoms with Gasteiger partial charge >= 0.3 is 0 Å². The number of nitrogens with one attached hydrogen (secondary N) is 2. The quantitative estimate of drug-likeness (QED) is 0.781. The number of anilines is 1. The van der Waals surface area contributed by atoms with Crippen LogP contribution in [0.4, 0.5) is 5.82 Å². The molecule has 1 aromatic heterocycles. The van der Waals surface area contributed by atoms with Gasteiger partial charge in [0, 0.05) is 13.1 Å². The Bertz CT molecular complexity index is 378. The molecule has 2 unspecified atom stereocenters. The van der Waals surface area contributed by atoms with Crippen molar-refractivity contribution in [3.63, 3.8) is 0 Å². The summed E-state index contributed by atoms with van der Waals surface area (Å²) in [6.07, 6.45) is 1.08. The zero-order valence-corrected chi connectivity index (χ0v) is 8.95. The van der Waals surface area contributed by atoms with Gasteiger partial charge in [-0.1, -0.05) is 13.0 Å². The molecule has 1 amide bonds. The third kappa shape index (κ3) is 2.26. The van der Waals surface area contributed by atoms with Gasteiger partial charge in [-0.3, -0.25) is 4.79 Å². The normalized spacial score (nSPS) is 23.3. The smallest absolute Gasteiger partial charge is 0.270 e. The first-order valence-electron chi connectivity index (χ1n) is 5.16. The molecule has 1 aliphatic carbocycles. The largest absolute Gasteiger partial charge is 0.373 e. The van der Waals surface area contributed by atoms with Crippen LogP contribution >= 0.6 is 0 Å². The van der Waals surface area contributed by atoms with Gasteiger partial charge in [0.1, 0.15) is 11.5 Å². The molecule has 1 aromatic rings. The van der Waals surface area contributed by atoms with E-state index in [0.29, 0.717) is 23.5 Å². The Labute approximate surface area is 89.1 Å². The summed E-state index contributed by atoms with van der Waals surface area (Å²) in [5, 5.41) is 5.85. The third-order valence-corrected chi connectivity index (χ3v) is 2.66. The topological polar surface area (TPSA) is 54.0 Å². The maximum absolute atomic E-state index is 11.7. The molecular weight excluding hydrogens is 190 g/mol. The average Bonchev–Trinajstić information content (AvgIpc) is 2.94. The molecule has 1 aliphatic rings. The number of pyridine rings is 1. The Morgan fingerprint density at radius 1 is 1.53 bits per heavy atom. The molecule has 0 bridgehead atoms. The summed E-state index contributed by atoms with van der Waals surface area (Å²) in [5.41, 5.74) is 0.473. The predicted octanol–water partition coefficient (Wildman–Crippen LogP) is 1.26. The van der Waals surface area contributed by atoms with Crippen LogP contribution in [0.25, 0.3) is 0 Å². The lowest BCUT2D eigenvalue weighted by molar-refractivity contribution is 0.0944. The van der Waals surface area contributed by atoms with Crippen molar-refractivity contribution in [2.45, 2.75) is 19.4 Å². The maximum Gasteiger partial charge on any atom is 0.270 e. The fraction of sp³-hybridized carbons (Fsp3) is 0.455. The van der Waals surface area contributed by atoms with E-state index < -0.39 is 0 Å². The van der Waals surface area contributed by atoms with E-state index in [1.807, 2.05) is 12.1 Å². The number of aromatic nitrogens is 1. The van der Waals surface area contributed by atoms with Crippen LogP contribution in [0.15, 0.2) is 18.2 Å². The van der Waals surface area contributed by atoms with E-state index in [0.717, 1.165) is 6.42 Å². The number of amides is 1. The maximum atomic E-state index is 11.7. The van der Waals surface area contributed by atoms with Crippen LogP contribution in [-0.4, -0.2) is 24.0 Å². The molecule has 1 fully saturated rings. The molecule has 0 saturated heterocycles. The standard InChI is InChI=1S/C11H15N3O/c1-7-6-9(7)14-11(15)8-4-3-5-10(12-2)13-8/h3-5,7,9H,6H2,1-2H3,(H,12,13)(H,14,15). The van der Waals surface area contributed by atoms with E-state index in [-0.39, 0.29) is 5.91 Å². The van der Waals surface area contributed by atoms with Crippen molar-refractivity contribution in [2.75, 3.05) is 12.4 Å². The fourth-order valence-corrected chi connectivity index (χ4v) is 1.47. The molecule has 2 atom stereocenters. The third-order valence-electron chi connectivity index (χ3n) is 2.66. The Morgan fingerprint density at radius 2 is 2.27 bits per heavy atom. The molecule has 0 aliphatic heterocycles. The Balaban J connectivity index is 2.04. The van der Waals surface area contributed by atoms with Gasteiger partial charge in [-0.2, -0.15) is 0 Å². The summed E-state index contributed by atoms with van der Waals surface area (Å²) in [7, 11) is 1.78. The number of nitrogens with zero attached hydrogens (tertiary/aromatic N) is 1. The fourth-order valence-electron chi connectivity index (χ4n) is 1.47. The molecule has 1 saturated carbocycles. The Morgan fingerprint density at radius 3 is 2.87 bits per heavy atom. The van der Waals surface area contributed by atoms with Crippen LogP contribution in [-0.2, 0) is 0 Å². The van der Waals surface area contributed by atoms with Crippen molar-refractivity contribution >= 4 is 11.7 Å². The first-order valence-corrected chi connectivity index (χ1v) is 5.16. The summed E-state index contributed by atoms with van der Waals surface area (Å²) in [5.74, 6) is 1.24. The first kappa shape index (κ1) is 9.96. The highest BCUT2D eigenvalue weighted by Crippen LogP contribution is 2.29.